The summed E-state index contributed by atoms with van der Waals surface area (Å²) in [7, 11) is -3.19. The van der Waals surface area contributed by atoms with Crippen molar-refractivity contribution in [3.8, 4) is 11.3 Å². The maximum absolute atomic E-state index is 12.9. The quantitative estimate of drug-likeness (QED) is 0.457. The summed E-state index contributed by atoms with van der Waals surface area (Å²) >= 11 is 6.51. The molecule has 0 bridgehead atoms. The van der Waals surface area contributed by atoms with Gasteiger partial charge in [-0.1, -0.05) is 23.7 Å². The lowest BCUT2D eigenvalue weighted by molar-refractivity contribution is -0.138. The summed E-state index contributed by atoms with van der Waals surface area (Å²) in [6, 6.07) is 4.43. The first-order chi connectivity index (χ1) is 16.6. The highest BCUT2D eigenvalue weighted by Crippen LogP contribution is 2.34. The summed E-state index contributed by atoms with van der Waals surface area (Å²) in [5, 5.41) is 19.7. The standard InChI is InChI=1S/C23H30ClF3N4O4S/c1-4-31-20(15-5-7-16(8-6-15)29-14(2)23(25,26)27)18(24)19(30-31)21(32)28-13-22(33)11-9-17(10-12-22)36(3,34)35/h5-8,14,17,29,33H,4,9-13H2,1-3H3,(H,28,32). The zero-order valence-corrected chi connectivity index (χ0v) is 21.8. The molecule has 1 aromatic carbocycles. The summed E-state index contributed by atoms with van der Waals surface area (Å²) in [4.78, 5) is 12.9. The fourth-order valence-corrected chi connectivity index (χ4v) is 5.63. The van der Waals surface area contributed by atoms with Crippen molar-refractivity contribution in [2.24, 2.45) is 0 Å². The van der Waals surface area contributed by atoms with Gasteiger partial charge in [-0.2, -0.15) is 18.3 Å². The average Bonchev–Trinajstić information content (AvgIpc) is 3.13. The van der Waals surface area contributed by atoms with E-state index in [4.69, 9.17) is 11.6 Å². The molecule has 0 spiro atoms. The van der Waals surface area contributed by atoms with Crippen LogP contribution in [0, 0.1) is 0 Å². The van der Waals surface area contributed by atoms with Crippen LogP contribution in [-0.4, -0.2) is 65.1 Å². The van der Waals surface area contributed by atoms with Crippen molar-refractivity contribution in [1.82, 2.24) is 15.1 Å². The zero-order chi connectivity index (χ0) is 26.9. The molecule has 1 amide bonds. The molecule has 1 atom stereocenters. The molecule has 1 saturated carbocycles. The van der Waals surface area contributed by atoms with E-state index in [0.717, 1.165) is 6.92 Å². The summed E-state index contributed by atoms with van der Waals surface area (Å²) in [5.41, 5.74) is 0.00732. The molecule has 1 aliphatic carbocycles. The van der Waals surface area contributed by atoms with Crippen molar-refractivity contribution in [1.29, 1.82) is 0 Å². The van der Waals surface area contributed by atoms with E-state index in [1.165, 1.54) is 23.1 Å². The molecular formula is C23H30ClF3N4O4S. The SMILES string of the molecule is CCn1nc(C(=O)NCC2(O)CCC(S(C)(=O)=O)CC2)c(Cl)c1-c1ccc(NC(C)C(F)(F)F)cc1. The molecule has 2 aromatic rings. The van der Waals surface area contributed by atoms with E-state index in [9.17, 15) is 31.5 Å². The molecule has 200 valence electrons. The third-order valence-corrected chi connectivity index (χ3v) is 8.53. The number of halogens is 4. The van der Waals surface area contributed by atoms with Gasteiger partial charge in [0, 0.05) is 30.6 Å². The smallest absolute Gasteiger partial charge is 0.388 e. The van der Waals surface area contributed by atoms with E-state index in [1.807, 2.05) is 0 Å². The predicted molar refractivity (Wildman–Crippen MR) is 132 cm³/mol. The minimum atomic E-state index is -4.38. The molecule has 36 heavy (non-hydrogen) atoms. The molecule has 1 fully saturated rings. The third kappa shape index (κ3) is 6.51. The van der Waals surface area contributed by atoms with Crippen LogP contribution in [-0.2, 0) is 16.4 Å². The summed E-state index contributed by atoms with van der Waals surface area (Å²) in [6.45, 7) is 3.13. The Morgan fingerprint density at radius 2 is 1.86 bits per heavy atom. The minimum Gasteiger partial charge on any atom is -0.388 e. The van der Waals surface area contributed by atoms with E-state index in [1.54, 1.807) is 19.1 Å². The molecule has 0 radical (unpaired) electrons. The van der Waals surface area contributed by atoms with Gasteiger partial charge >= 0.3 is 6.18 Å². The predicted octanol–water partition coefficient (Wildman–Crippen LogP) is 4.03. The lowest BCUT2D eigenvalue weighted by atomic mass is 9.84. The number of alkyl halides is 3. The molecular weight excluding hydrogens is 521 g/mol. The fourth-order valence-electron chi connectivity index (χ4n) is 4.21. The number of hydrogen-bond donors (Lipinski definition) is 3. The number of nitrogens with one attached hydrogen (secondary N) is 2. The molecule has 13 heteroatoms. The number of aliphatic hydroxyl groups is 1. The van der Waals surface area contributed by atoms with Gasteiger partial charge in [0.1, 0.15) is 15.9 Å². The number of hydrogen-bond acceptors (Lipinski definition) is 6. The van der Waals surface area contributed by atoms with E-state index in [2.05, 4.69) is 15.7 Å². The number of anilines is 1. The first kappa shape index (κ1) is 28.3. The normalized spacial score (nSPS) is 21.7. The largest absolute Gasteiger partial charge is 0.408 e. The maximum Gasteiger partial charge on any atom is 0.408 e. The van der Waals surface area contributed by atoms with Crippen molar-refractivity contribution in [2.75, 3.05) is 18.1 Å². The van der Waals surface area contributed by atoms with Crippen molar-refractivity contribution >= 4 is 33.0 Å². The second-order valence-electron chi connectivity index (χ2n) is 9.25. The van der Waals surface area contributed by atoms with Crippen LogP contribution in [0.4, 0.5) is 18.9 Å². The number of rotatable bonds is 8. The Bertz CT molecular complexity index is 1190. The van der Waals surface area contributed by atoms with Gasteiger partial charge in [0.25, 0.3) is 5.91 Å². The van der Waals surface area contributed by atoms with E-state index in [-0.39, 0.29) is 35.8 Å². The van der Waals surface area contributed by atoms with Gasteiger partial charge in [-0.15, -0.1) is 0 Å². The number of carbonyl (C=O) groups excluding carboxylic acids is 1. The number of aromatic nitrogens is 2. The molecule has 3 rings (SSSR count). The first-order valence-corrected chi connectivity index (χ1v) is 13.9. The number of amides is 1. The highest BCUT2D eigenvalue weighted by molar-refractivity contribution is 7.91. The molecule has 0 aliphatic heterocycles. The van der Waals surface area contributed by atoms with Gasteiger partial charge < -0.3 is 15.7 Å². The summed E-state index contributed by atoms with van der Waals surface area (Å²) in [5.74, 6) is -0.593. The Hall–Kier alpha value is -2.31. The van der Waals surface area contributed by atoms with Crippen LogP contribution in [0.3, 0.4) is 0 Å². The van der Waals surface area contributed by atoms with Crippen molar-refractivity contribution in [2.45, 2.75) is 69.1 Å². The Labute approximate surface area is 213 Å². The molecule has 1 unspecified atom stereocenters. The Morgan fingerprint density at radius 1 is 1.28 bits per heavy atom. The van der Waals surface area contributed by atoms with Gasteiger partial charge in [0.15, 0.2) is 5.69 Å². The Kier molecular flexibility index (Phi) is 8.31. The molecule has 1 aromatic heterocycles. The monoisotopic (exact) mass is 550 g/mol. The maximum atomic E-state index is 12.9. The van der Waals surface area contributed by atoms with Crippen molar-refractivity contribution in [3.63, 3.8) is 0 Å². The number of carbonyl (C=O) groups is 1. The van der Waals surface area contributed by atoms with Gasteiger partial charge in [0.2, 0.25) is 0 Å². The lowest BCUT2D eigenvalue weighted by Gasteiger charge is -2.35. The van der Waals surface area contributed by atoms with Crippen LogP contribution in [0.2, 0.25) is 5.02 Å². The van der Waals surface area contributed by atoms with Gasteiger partial charge in [0.05, 0.1) is 21.6 Å². The second kappa shape index (κ2) is 10.6. The zero-order valence-electron chi connectivity index (χ0n) is 20.2. The van der Waals surface area contributed by atoms with Crippen LogP contribution in [0.15, 0.2) is 24.3 Å². The van der Waals surface area contributed by atoms with Crippen LogP contribution in [0.1, 0.15) is 50.0 Å². The van der Waals surface area contributed by atoms with E-state index in [0.29, 0.717) is 30.6 Å². The molecule has 0 saturated heterocycles. The topological polar surface area (TPSA) is 113 Å². The number of nitrogens with zero attached hydrogens (tertiary/aromatic N) is 2. The van der Waals surface area contributed by atoms with Gasteiger partial charge in [-0.05, 0) is 51.7 Å². The third-order valence-electron chi connectivity index (χ3n) is 6.49. The van der Waals surface area contributed by atoms with Crippen LogP contribution < -0.4 is 10.6 Å². The Morgan fingerprint density at radius 3 is 2.36 bits per heavy atom. The molecule has 3 N–H and O–H groups in total. The first-order valence-electron chi connectivity index (χ1n) is 11.5. The van der Waals surface area contributed by atoms with E-state index >= 15 is 0 Å². The van der Waals surface area contributed by atoms with Crippen molar-refractivity contribution in [3.05, 3.63) is 35.0 Å². The summed E-state index contributed by atoms with van der Waals surface area (Å²) < 4.78 is 63.4. The highest BCUT2D eigenvalue weighted by atomic mass is 35.5. The Balaban J connectivity index is 1.72. The second-order valence-corrected chi connectivity index (χ2v) is 12.0. The van der Waals surface area contributed by atoms with Crippen LogP contribution in [0.5, 0.6) is 0 Å². The minimum absolute atomic E-state index is 0.0465. The van der Waals surface area contributed by atoms with Crippen LogP contribution >= 0.6 is 11.6 Å². The highest BCUT2D eigenvalue weighted by Gasteiger charge is 2.38. The van der Waals surface area contributed by atoms with Crippen LogP contribution in [0.25, 0.3) is 11.3 Å². The van der Waals surface area contributed by atoms with Crippen molar-refractivity contribution < 1.29 is 31.5 Å². The van der Waals surface area contributed by atoms with Gasteiger partial charge in [-0.25, -0.2) is 8.42 Å². The van der Waals surface area contributed by atoms with Gasteiger partial charge in [-0.3, -0.25) is 9.48 Å². The molecule has 8 nitrogen and oxygen atoms in total. The number of aryl methyl sites for hydroxylation is 1. The van der Waals surface area contributed by atoms with E-state index < -0.39 is 38.8 Å². The fraction of sp³-hybridized carbons (Fsp3) is 0.565. The number of benzene rings is 1. The molecule has 1 aliphatic rings. The summed E-state index contributed by atoms with van der Waals surface area (Å²) in [6.07, 6.45) is -2.10. The lowest BCUT2D eigenvalue weighted by Crippen LogP contribution is -2.47. The average molecular weight is 551 g/mol. The number of sulfone groups is 1. The molecule has 1 heterocycles.